The zero-order valence-corrected chi connectivity index (χ0v) is 7.62. The van der Waals surface area contributed by atoms with E-state index >= 15 is 0 Å². The Hall–Kier alpha value is -1.54. The molecule has 0 atom stereocenters. The van der Waals surface area contributed by atoms with E-state index in [0.717, 1.165) is 0 Å². The second-order valence-corrected chi connectivity index (χ2v) is 3.47. The Morgan fingerprint density at radius 2 is 2.15 bits per heavy atom. The molecule has 0 unspecified atom stereocenters. The number of thiol groups is 1. The molecule has 0 saturated heterocycles. The second kappa shape index (κ2) is 3.92. The molecule has 0 spiro atoms. The largest absolute Gasteiger partial charge is 0.398 e. The maximum Gasteiger partial charge on any atom is 0.144 e. The molecular formula is C8H8N2O2S. The smallest absolute Gasteiger partial charge is 0.144 e. The Labute approximate surface area is 77.6 Å². The van der Waals surface area contributed by atoms with Crippen LogP contribution in [0.1, 0.15) is 11.1 Å². The fraction of sp³-hybridized carbons (Fsp3) is 0.125. The number of nitrogens with two attached hydrogens (primary N) is 1. The maximum absolute atomic E-state index is 10.4. The number of rotatable bonds is 2. The quantitative estimate of drug-likeness (QED) is 0.524. The van der Waals surface area contributed by atoms with Crippen molar-refractivity contribution in [2.45, 2.75) is 5.75 Å². The highest BCUT2D eigenvalue weighted by atomic mass is 32.2. The average molecular weight is 196 g/mol. The number of nitrogen functional groups attached to an aromatic ring is 1. The lowest BCUT2D eigenvalue weighted by molar-refractivity contribution is 0.614. The van der Waals surface area contributed by atoms with Crippen LogP contribution in [0.5, 0.6) is 0 Å². The molecule has 0 aliphatic rings. The van der Waals surface area contributed by atoms with Gasteiger partial charge in [-0.3, -0.25) is 0 Å². The van der Waals surface area contributed by atoms with Crippen molar-refractivity contribution in [1.82, 2.24) is 0 Å². The van der Waals surface area contributed by atoms with Crippen LogP contribution in [0.15, 0.2) is 18.2 Å². The Morgan fingerprint density at radius 1 is 1.46 bits per heavy atom. The summed E-state index contributed by atoms with van der Waals surface area (Å²) >= 11 is 0. The van der Waals surface area contributed by atoms with Crippen LogP contribution in [0, 0.1) is 11.3 Å². The summed E-state index contributed by atoms with van der Waals surface area (Å²) in [6.07, 6.45) is 0. The van der Waals surface area contributed by atoms with Crippen LogP contribution in [0.4, 0.5) is 5.69 Å². The number of nitrogens with zero attached hydrogens (tertiary/aromatic N) is 1. The fourth-order valence-electron chi connectivity index (χ4n) is 1.03. The number of nitriles is 1. The molecule has 0 fully saturated rings. The highest BCUT2D eigenvalue weighted by Crippen LogP contribution is 2.16. The molecule has 1 aromatic rings. The van der Waals surface area contributed by atoms with E-state index in [-0.39, 0.29) is 11.3 Å². The zero-order chi connectivity index (χ0) is 9.84. The molecule has 1 rings (SSSR count). The van der Waals surface area contributed by atoms with Gasteiger partial charge >= 0.3 is 0 Å². The summed E-state index contributed by atoms with van der Waals surface area (Å²) < 4.78 is 20.9. The van der Waals surface area contributed by atoms with Crippen molar-refractivity contribution in [1.29, 1.82) is 5.26 Å². The summed E-state index contributed by atoms with van der Waals surface area (Å²) in [4.78, 5) is 0. The molecule has 0 bridgehead atoms. The van der Waals surface area contributed by atoms with Crippen molar-refractivity contribution >= 4 is 16.4 Å². The lowest BCUT2D eigenvalue weighted by atomic mass is 10.1. The lowest BCUT2D eigenvalue weighted by Gasteiger charge is -2.01. The Bertz CT molecular complexity index is 424. The molecule has 4 nitrogen and oxygen atoms in total. The first-order valence-electron chi connectivity index (χ1n) is 3.54. The van der Waals surface area contributed by atoms with E-state index in [2.05, 4.69) is 0 Å². The number of anilines is 1. The third-order valence-electron chi connectivity index (χ3n) is 1.59. The molecule has 68 valence electrons. The Kier molecular flexibility index (Phi) is 2.88. The number of hydrogen-bond acceptors (Lipinski definition) is 4. The second-order valence-electron chi connectivity index (χ2n) is 2.48. The van der Waals surface area contributed by atoms with Crippen LogP contribution < -0.4 is 5.73 Å². The maximum atomic E-state index is 10.4. The SMILES string of the molecule is N#Cc1c(N)cccc1C[SH](=O)=O. The van der Waals surface area contributed by atoms with Crippen molar-refractivity contribution in [3.8, 4) is 6.07 Å². The van der Waals surface area contributed by atoms with Gasteiger partial charge in [0.1, 0.15) is 16.8 Å². The van der Waals surface area contributed by atoms with Gasteiger partial charge in [-0.25, -0.2) is 8.42 Å². The van der Waals surface area contributed by atoms with Gasteiger partial charge in [0.15, 0.2) is 0 Å². The van der Waals surface area contributed by atoms with Crippen molar-refractivity contribution in [3.63, 3.8) is 0 Å². The first-order chi connectivity index (χ1) is 6.15. The summed E-state index contributed by atoms with van der Waals surface area (Å²) in [6, 6.07) is 6.66. The van der Waals surface area contributed by atoms with E-state index in [0.29, 0.717) is 11.3 Å². The molecule has 2 N–H and O–H groups in total. The van der Waals surface area contributed by atoms with Gasteiger partial charge in [-0.1, -0.05) is 12.1 Å². The fourth-order valence-corrected chi connectivity index (χ4v) is 1.57. The molecule has 0 aliphatic heterocycles. The molecule has 13 heavy (non-hydrogen) atoms. The van der Waals surface area contributed by atoms with Gasteiger partial charge in [0.05, 0.1) is 11.3 Å². The number of hydrogen-bond donors (Lipinski definition) is 2. The molecule has 0 amide bonds. The predicted molar refractivity (Wildman–Crippen MR) is 49.6 cm³/mol. The molecule has 0 aliphatic carbocycles. The van der Waals surface area contributed by atoms with Gasteiger partial charge in [-0.15, -0.1) is 0 Å². The van der Waals surface area contributed by atoms with Crippen molar-refractivity contribution < 1.29 is 8.42 Å². The minimum Gasteiger partial charge on any atom is -0.398 e. The van der Waals surface area contributed by atoms with Crippen molar-refractivity contribution in [3.05, 3.63) is 29.3 Å². The monoisotopic (exact) mass is 196 g/mol. The van der Waals surface area contributed by atoms with Crippen LogP contribution >= 0.6 is 0 Å². The van der Waals surface area contributed by atoms with Gasteiger partial charge in [0, 0.05) is 5.69 Å². The Balaban J connectivity index is 3.22. The van der Waals surface area contributed by atoms with Gasteiger partial charge in [0.2, 0.25) is 0 Å². The highest BCUT2D eigenvalue weighted by molar-refractivity contribution is 7.71. The summed E-state index contributed by atoms with van der Waals surface area (Å²) in [7, 11) is -2.52. The number of benzene rings is 1. The Morgan fingerprint density at radius 3 is 2.69 bits per heavy atom. The molecular weight excluding hydrogens is 188 g/mol. The van der Waals surface area contributed by atoms with E-state index in [1.165, 1.54) is 0 Å². The first kappa shape index (κ1) is 9.55. The van der Waals surface area contributed by atoms with Crippen LogP contribution in [0.25, 0.3) is 0 Å². The van der Waals surface area contributed by atoms with E-state index in [1.807, 2.05) is 6.07 Å². The summed E-state index contributed by atoms with van der Waals surface area (Å²) in [5, 5.41) is 8.69. The normalized spacial score (nSPS) is 9.85. The van der Waals surface area contributed by atoms with Gasteiger partial charge in [0.25, 0.3) is 0 Å². The van der Waals surface area contributed by atoms with E-state index in [1.54, 1.807) is 18.2 Å². The van der Waals surface area contributed by atoms with Gasteiger partial charge < -0.3 is 5.73 Å². The molecule has 0 radical (unpaired) electrons. The van der Waals surface area contributed by atoms with Crippen LogP contribution in [0.3, 0.4) is 0 Å². The standard InChI is InChI=1S/C8H8N2O2S/c9-4-7-6(5-13(11)12)2-1-3-8(7)10/h1-3,13H,5,10H2. The van der Waals surface area contributed by atoms with Crippen LogP contribution in [-0.2, 0) is 16.5 Å². The van der Waals surface area contributed by atoms with Gasteiger partial charge in [-0.2, -0.15) is 5.26 Å². The predicted octanol–water partition coefficient (Wildman–Crippen LogP) is 0.252. The summed E-state index contributed by atoms with van der Waals surface area (Å²) in [6.45, 7) is 0. The first-order valence-corrected chi connectivity index (χ1v) is 4.90. The third-order valence-corrected chi connectivity index (χ3v) is 2.19. The molecule has 0 heterocycles. The van der Waals surface area contributed by atoms with Crippen molar-refractivity contribution in [2.75, 3.05) is 5.73 Å². The van der Waals surface area contributed by atoms with Crippen molar-refractivity contribution in [2.24, 2.45) is 0 Å². The topological polar surface area (TPSA) is 83.9 Å². The van der Waals surface area contributed by atoms with Gasteiger partial charge in [-0.05, 0) is 11.6 Å². The van der Waals surface area contributed by atoms with Crippen LogP contribution in [0.2, 0.25) is 0 Å². The van der Waals surface area contributed by atoms with E-state index < -0.39 is 10.7 Å². The molecule has 5 heteroatoms. The minimum atomic E-state index is -2.52. The minimum absolute atomic E-state index is 0.136. The third kappa shape index (κ3) is 2.20. The summed E-state index contributed by atoms with van der Waals surface area (Å²) in [5.41, 5.74) is 6.51. The zero-order valence-electron chi connectivity index (χ0n) is 6.73. The molecule has 0 aromatic heterocycles. The molecule has 0 saturated carbocycles. The lowest BCUT2D eigenvalue weighted by Crippen LogP contribution is -1.97. The summed E-state index contributed by atoms with van der Waals surface area (Å²) in [5.74, 6) is -0.136. The van der Waals surface area contributed by atoms with E-state index in [9.17, 15) is 8.42 Å². The van der Waals surface area contributed by atoms with E-state index in [4.69, 9.17) is 11.0 Å². The highest BCUT2D eigenvalue weighted by Gasteiger charge is 2.05. The molecule has 1 aromatic carbocycles. The average Bonchev–Trinajstić information content (AvgIpc) is 2.03. The van der Waals surface area contributed by atoms with Crippen LogP contribution in [-0.4, -0.2) is 8.42 Å².